The van der Waals surface area contributed by atoms with Crippen molar-refractivity contribution in [3.8, 4) is 5.75 Å². The van der Waals surface area contributed by atoms with E-state index in [-0.39, 0.29) is 5.75 Å². The Balaban J connectivity index is 2.02. The van der Waals surface area contributed by atoms with E-state index in [4.69, 9.17) is 9.73 Å². The Kier molecular flexibility index (Phi) is 8.77. The largest absolute Gasteiger partial charge is 0.508 e. The molecular formula is C27H32N2O2S. The van der Waals surface area contributed by atoms with Gasteiger partial charge in [0, 0.05) is 25.1 Å². The first-order valence-corrected chi connectivity index (χ1v) is 11.7. The second-order valence-electron chi connectivity index (χ2n) is 7.87. The average molecular weight is 449 g/mol. The van der Waals surface area contributed by atoms with E-state index in [0.29, 0.717) is 19.7 Å². The SMILES string of the molecule is CCc1cccc(N=C(Sc2ccc(C)cc2C)N(CCOC)Cc2cccc(O)c2)c1. The van der Waals surface area contributed by atoms with Crippen LogP contribution in [-0.2, 0) is 17.7 Å². The van der Waals surface area contributed by atoms with Crippen LogP contribution in [0.15, 0.2) is 76.6 Å². The number of hydrogen-bond acceptors (Lipinski definition) is 4. The summed E-state index contributed by atoms with van der Waals surface area (Å²) in [6.07, 6.45) is 0.972. The number of methoxy groups -OCH3 is 1. The predicted octanol–water partition coefficient (Wildman–Crippen LogP) is 6.50. The van der Waals surface area contributed by atoms with Gasteiger partial charge in [0.05, 0.1) is 12.3 Å². The lowest BCUT2D eigenvalue weighted by atomic mass is 10.1. The molecule has 4 nitrogen and oxygen atoms in total. The Morgan fingerprint density at radius 2 is 1.78 bits per heavy atom. The fourth-order valence-corrected chi connectivity index (χ4v) is 4.43. The summed E-state index contributed by atoms with van der Waals surface area (Å²) in [6.45, 7) is 8.30. The van der Waals surface area contributed by atoms with E-state index in [9.17, 15) is 5.11 Å². The Bertz CT molecular complexity index is 1070. The van der Waals surface area contributed by atoms with Crippen LogP contribution in [0.25, 0.3) is 0 Å². The van der Waals surface area contributed by atoms with Crippen LogP contribution in [0.4, 0.5) is 5.69 Å². The molecule has 3 aromatic rings. The molecule has 0 spiro atoms. The van der Waals surface area contributed by atoms with Crippen molar-refractivity contribution in [2.24, 2.45) is 4.99 Å². The minimum Gasteiger partial charge on any atom is -0.508 e. The van der Waals surface area contributed by atoms with E-state index in [0.717, 1.165) is 22.8 Å². The maximum absolute atomic E-state index is 9.95. The fraction of sp³-hybridized carbons (Fsp3) is 0.296. The smallest absolute Gasteiger partial charge is 0.169 e. The Morgan fingerprint density at radius 3 is 2.50 bits per heavy atom. The molecule has 0 heterocycles. The second kappa shape index (κ2) is 11.7. The first kappa shape index (κ1) is 23.9. The van der Waals surface area contributed by atoms with Gasteiger partial charge in [0.2, 0.25) is 0 Å². The number of ether oxygens (including phenoxy) is 1. The number of aliphatic imine (C=N–C) groups is 1. The van der Waals surface area contributed by atoms with E-state index in [1.807, 2.05) is 18.2 Å². The van der Waals surface area contributed by atoms with Gasteiger partial charge in [-0.2, -0.15) is 0 Å². The Morgan fingerprint density at radius 1 is 1.00 bits per heavy atom. The van der Waals surface area contributed by atoms with Crippen LogP contribution in [0, 0.1) is 13.8 Å². The minimum absolute atomic E-state index is 0.269. The summed E-state index contributed by atoms with van der Waals surface area (Å²) >= 11 is 1.67. The molecular weight excluding hydrogens is 416 g/mol. The molecule has 3 rings (SSSR count). The van der Waals surface area contributed by atoms with Gasteiger partial charge in [0.15, 0.2) is 5.17 Å². The van der Waals surface area contributed by atoms with Crippen LogP contribution in [0.5, 0.6) is 5.75 Å². The Hall–Kier alpha value is -2.76. The normalized spacial score (nSPS) is 11.6. The van der Waals surface area contributed by atoms with E-state index in [1.54, 1.807) is 31.0 Å². The molecule has 3 aromatic carbocycles. The highest BCUT2D eigenvalue weighted by molar-refractivity contribution is 8.13. The molecule has 0 amide bonds. The number of phenols is 1. The average Bonchev–Trinajstić information content (AvgIpc) is 2.78. The molecule has 168 valence electrons. The lowest BCUT2D eigenvalue weighted by Crippen LogP contribution is -2.31. The number of rotatable bonds is 8. The maximum atomic E-state index is 9.95. The second-order valence-corrected chi connectivity index (χ2v) is 8.88. The third-order valence-corrected chi connectivity index (χ3v) is 6.41. The van der Waals surface area contributed by atoms with Crippen LogP contribution in [0.2, 0.25) is 0 Å². The van der Waals surface area contributed by atoms with Crippen molar-refractivity contribution >= 4 is 22.6 Å². The van der Waals surface area contributed by atoms with Crippen LogP contribution < -0.4 is 0 Å². The summed E-state index contributed by atoms with van der Waals surface area (Å²) in [5, 5.41) is 10.9. The first-order chi connectivity index (χ1) is 15.5. The molecule has 5 heteroatoms. The van der Waals surface area contributed by atoms with Crippen molar-refractivity contribution in [3.63, 3.8) is 0 Å². The van der Waals surface area contributed by atoms with Crippen LogP contribution in [0.1, 0.15) is 29.2 Å². The van der Waals surface area contributed by atoms with Gasteiger partial charge in [-0.15, -0.1) is 0 Å². The summed E-state index contributed by atoms with van der Waals surface area (Å²) in [5.74, 6) is 0.269. The lowest BCUT2D eigenvalue weighted by Gasteiger charge is -2.26. The zero-order valence-electron chi connectivity index (χ0n) is 19.3. The number of benzene rings is 3. The molecule has 32 heavy (non-hydrogen) atoms. The van der Waals surface area contributed by atoms with Crippen molar-refractivity contribution in [3.05, 3.63) is 89.0 Å². The number of thioether (sulfide) groups is 1. The summed E-state index contributed by atoms with van der Waals surface area (Å²) in [7, 11) is 1.71. The molecule has 0 aliphatic heterocycles. The molecule has 0 aliphatic carbocycles. The summed E-state index contributed by atoms with van der Waals surface area (Å²) < 4.78 is 5.41. The van der Waals surface area contributed by atoms with Crippen LogP contribution >= 0.6 is 11.8 Å². The highest BCUT2D eigenvalue weighted by atomic mass is 32.2. The highest BCUT2D eigenvalue weighted by Crippen LogP contribution is 2.29. The van der Waals surface area contributed by atoms with Gasteiger partial charge < -0.3 is 14.7 Å². The van der Waals surface area contributed by atoms with E-state index < -0.39 is 0 Å². The fourth-order valence-electron chi connectivity index (χ4n) is 3.45. The standard InChI is InChI=1S/C27H32N2O2S/c1-5-22-8-6-10-24(17-22)28-27(32-26-13-12-20(2)16-21(26)3)29(14-15-31-4)19-23-9-7-11-25(30)18-23/h6-13,16-18,30H,5,14-15,19H2,1-4H3. The predicted molar refractivity (Wildman–Crippen MR) is 135 cm³/mol. The number of amidine groups is 1. The number of phenolic OH excluding ortho intramolecular Hbond substituents is 1. The van der Waals surface area contributed by atoms with Gasteiger partial charge in [0.1, 0.15) is 5.75 Å². The summed E-state index contributed by atoms with van der Waals surface area (Å²) in [4.78, 5) is 8.49. The first-order valence-electron chi connectivity index (χ1n) is 10.9. The molecule has 1 N–H and O–H groups in total. The topological polar surface area (TPSA) is 45.1 Å². The molecule has 0 saturated carbocycles. The monoisotopic (exact) mass is 448 g/mol. The molecule has 0 atom stereocenters. The number of aryl methyl sites for hydroxylation is 3. The van der Waals surface area contributed by atoms with Gasteiger partial charge >= 0.3 is 0 Å². The zero-order valence-corrected chi connectivity index (χ0v) is 20.2. The van der Waals surface area contributed by atoms with Crippen molar-refractivity contribution in [2.45, 2.75) is 38.6 Å². The lowest BCUT2D eigenvalue weighted by molar-refractivity contribution is 0.175. The van der Waals surface area contributed by atoms with Crippen molar-refractivity contribution in [2.75, 3.05) is 20.3 Å². The van der Waals surface area contributed by atoms with Gasteiger partial charge in [-0.1, -0.05) is 60.6 Å². The van der Waals surface area contributed by atoms with E-state index >= 15 is 0 Å². The van der Waals surface area contributed by atoms with Gasteiger partial charge in [0.25, 0.3) is 0 Å². The molecule has 0 aromatic heterocycles. The van der Waals surface area contributed by atoms with Crippen LogP contribution in [0.3, 0.4) is 0 Å². The van der Waals surface area contributed by atoms with Gasteiger partial charge in [-0.3, -0.25) is 0 Å². The van der Waals surface area contributed by atoms with Crippen molar-refractivity contribution in [1.82, 2.24) is 4.90 Å². The number of aromatic hydroxyl groups is 1. The number of nitrogens with zero attached hydrogens (tertiary/aromatic N) is 2. The van der Waals surface area contributed by atoms with Gasteiger partial charge in [-0.05, 0) is 67.3 Å². The molecule has 0 fully saturated rings. The molecule has 0 aliphatic rings. The van der Waals surface area contributed by atoms with Crippen molar-refractivity contribution < 1.29 is 9.84 Å². The number of hydrogen-bond donors (Lipinski definition) is 1. The maximum Gasteiger partial charge on any atom is 0.169 e. The van der Waals surface area contributed by atoms with E-state index in [1.165, 1.54) is 21.6 Å². The van der Waals surface area contributed by atoms with Gasteiger partial charge in [-0.25, -0.2) is 4.99 Å². The quantitative estimate of drug-likeness (QED) is 0.243. The summed E-state index contributed by atoms with van der Waals surface area (Å²) in [6, 6.07) is 22.3. The highest BCUT2D eigenvalue weighted by Gasteiger charge is 2.16. The summed E-state index contributed by atoms with van der Waals surface area (Å²) in [5.41, 5.74) is 5.71. The Labute approximate surface area is 196 Å². The molecule has 0 unspecified atom stereocenters. The third kappa shape index (κ3) is 6.87. The minimum atomic E-state index is 0.269. The third-order valence-electron chi connectivity index (χ3n) is 5.20. The molecule has 0 radical (unpaired) electrons. The van der Waals surface area contributed by atoms with Crippen molar-refractivity contribution in [1.29, 1.82) is 0 Å². The zero-order chi connectivity index (χ0) is 22.9. The van der Waals surface area contributed by atoms with Crippen LogP contribution in [-0.4, -0.2) is 35.4 Å². The molecule has 0 bridgehead atoms. The molecule has 0 saturated heterocycles. The van der Waals surface area contributed by atoms with E-state index in [2.05, 4.69) is 62.1 Å².